The Morgan fingerprint density at radius 3 is 2.55 bits per heavy atom. The molecule has 1 aromatic rings. The maximum absolute atomic E-state index is 12.8. The lowest BCUT2D eigenvalue weighted by Crippen LogP contribution is -2.45. The minimum absolute atomic E-state index is 0. The maximum atomic E-state index is 12.8. The molecule has 1 aliphatic rings. The summed E-state index contributed by atoms with van der Waals surface area (Å²) in [6.45, 7) is 0.707. The third-order valence-electron chi connectivity index (χ3n) is 4.71. The second-order valence-corrected chi connectivity index (χ2v) is 7.17. The first-order valence-electron chi connectivity index (χ1n) is 9.76. The number of nitrogens with one attached hydrogen (secondary N) is 2. The van der Waals surface area contributed by atoms with E-state index in [0.29, 0.717) is 36.5 Å². The van der Waals surface area contributed by atoms with E-state index in [2.05, 4.69) is 39.4 Å². The van der Waals surface area contributed by atoms with Crippen molar-refractivity contribution < 1.29 is 18.3 Å². The van der Waals surface area contributed by atoms with E-state index in [1.165, 1.54) is 18.9 Å². The van der Waals surface area contributed by atoms with Crippen LogP contribution in [0.25, 0.3) is 0 Å². The van der Waals surface area contributed by atoms with Gasteiger partial charge in [0.15, 0.2) is 5.96 Å². The second kappa shape index (κ2) is 13.0. The van der Waals surface area contributed by atoms with Gasteiger partial charge in [-0.15, -0.1) is 24.0 Å². The number of halogens is 3. The summed E-state index contributed by atoms with van der Waals surface area (Å²) >= 11 is 0. The van der Waals surface area contributed by atoms with Gasteiger partial charge in [0, 0.05) is 37.8 Å². The van der Waals surface area contributed by atoms with Crippen LogP contribution in [-0.4, -0.2) is 57.8 Å². The summed E-state index contributed by atoms with van der Waals surface area (Å²) in [5, 5.41) is 6.50. The van der Waals surface area contributed by atoms with Crippen LogP contribution in [0.4, 0.5) is 8.78 Å². The Morgan fingerprint density at radius 2 is 2.00 bits per heavy atom. The van der Waals surface area contributed by atoms with E-state index in [1.807, 2.05) is 6.92 Å². The van der Waals surface area contributed by atoms with E-state index in [-0.39, 0.29) is 29.7 Å². The van der Waals surface area contributed by atoms with Crippen LogP contribution >= 0.6 is 24.0 Å². The van der Waals surface area contributed by atoms with Crippen LogP contribution in [0.1, 0.15) is 31.7 Å². The highest BCUT2D eigenvalue weighted by Gasteiger charge is 2.32. The zero-order valence-corrected chi connectivity index (χ0v) is 19.9. The second-order valence-electron chi connectivity index (χ2n) is 7.17. The first-order chi connectivity index (χ1) is 13.4. The standard InChI is InChI=1S/C20H32F2N4O2.HI/c1-5-10-27-16-9-8-15(18(11-16)28-19(21)22)12-24-20(23-2)25-13-17(26(3)4)14-6-7-14;/h8-9,11,14,17,19H,5-7,10,12-13H2,1-4H3,(H2,23,24,25);1H. The smallest absolute Gasteiger partial charge is 0.387 e. The minimum atomic E-state index is -2.89. The molecule has 29 heavy (non-hydrogen) atoms. The van der Waals surface area contributed by atoms with Crippen molar-refractivity contribution in [3.8, 4) is 11.5 Å². The lowest BCUT2D eigenvalue weighted by molar-refractivity contribution is -0.0505. The molecule has 1 aromatic carbocycles. The molecule has 0 saturated heterocycles. The number of rotatable bonds is 11. The molecule has 2 N–H and O–H groups in total. The van der Waals surface area contributed by atoms with E-state index in [9.17, 15) is 8.78 Å². The highest BCUT2D eigenvalue weighted by Crippen LogP contribution is 2.34. The molecule has 9 heteroatoms. The topological polar surface area (TPSA) is 58.1 Å². The predicted molar refractivity (Wildman–Crippen MR) is 123 cm³/mol. The normalized spacial score (nSPS) is 15.1. The van der Waals surface area contributed by atoms with E-state index in [0.717, 1.165) is 18.9 Å². The van der Waals surface area contributed by atoms with E-state index >= 15 is 0 Å². The fourth-order valence-corrected chi connectivity index (χ4v) is 3.05. The van der Waals surface area contributed by atoms with Gasteiger partial charge in [0.2, 0.25) is 0 Å². The number of hydrogen-bond acceptors (Lipinski definition) is 4. The average Bonchev–Trinajstić information content (AvgIpc) is 3.48. The van der Waals surface area contributed by atoms with Gasteiger partial charge < -0.3 is 25.0 Å². The molecular formula is C20H33F2IN4O2. The Labute approximate surface area is 189 Å². The number of aliphatic imine (C=N–C) groups is 1. The Morgan fingerprint density at radius 1 is 1.28 bits per heavy atom. The van der Waals surface area contributed by atoms with Crippen LogP contribution in [0, 0.1) is 5.92 Å². The summed E-state index contributed by atoms with van der Waals surface area (Å²) in [6.07, 6.45) is 3.36. The average molecular weight is 526 g/mol. The monoisotopic (exact) mass is 526 g/mol. The lowest BCUT2D eigenvalue weighted by atomic mass is 10.1. The molecule has 0 amide bonds. The first kappa shape index (κ1) is 25.7. The minimum Gasteiger partial charge on any atom is -0.493 e. The molecule has 1 saturated carbocycles. The molecular weight excluding hydrogens is 493 g/mol. The van der Waals surface area contributed by atoms with Gasteiger partial charge >= 0.3 is 6.61 Å². The zero-order valence-electron chi connectivity index (χ0n) is 17.6. The molecule has 2 rings (SSSR count). The Kier molecular flexibility index (Phi) is 11.6. The number of guanidine groups is 1. The SMILES string of the molecule is CCCOc1ccc(CNC(=NC)NCC(C2CC2)N(C)C)c(OC(F)F)c1.I. The largest absolute Gasteiger partial charge is 0.493 e. The Bertz CT molecular complexity index is 641. The fraction of sp³-hybridized carbons (Fsp3) is 0.650. The number of alkyl halides is 2. The highest BCUT2D eigenvalue weighted by molar-refractivity contribution is 14.0. The number of benzene rings is 1. The third kappa shape index (κ3) is 8.90. The van der Waals surface area contributed by atoms with Gasteiger partial charge in [-0.1, -0.05) is 6.92 Å². The molecule has 0 radical (unpaired) electrons. The molecule has 1 unspecified atom stereocenters. The van der Waals surface area contributed by atoms with Gasteiger partial charge in [0.25, 0.3) is 0 Å². The summed E-state index contributed by atoms with van der Waals surface area (Å²) in [5.41, 5.74) is 0.610. The molecule has 0 aliphatic heterocycles. The number of hydrogen-bond donors (Lipinski definition) is 2. The molecule has 166 valence electrons. The summed E-state index contributed by atoms with van der Waals surface area (Å²) in [5.74, 6) is 1.97. The Balaban J connectivity index is 0.00000420. The van der Waals surface area contributed by atoms with Gasteiger partial charge in [0.05, 0.1) is 6.61 Å². The van der Waals surface area contributed by atoms with Gasteiger partial charge in [-0.2, -0.15) is 8.78 Å². The molecule has 1 aliphatic carbocycles. The summed E-state index contributed by atoms with van der Waals surface area (Å²) in [4.78, 5) is 6.45. The van der Waals surface area contributed by atoms with Gasteiger partial charge in [0.1, 0.15) is 11.5 Å². The van der Waals surface area contributed by atoms with Crippen molar-refractivity contribution in [2.75, 3.05) is 34.3 Å². The van der Waals surface area contributed by atoms with Crippen LogP contribution in [0.5, 0.6) is 11.5 Å². The molecule has 1 fully saturated rings. The van der Waals surface area contributed by atoms with E-state index in [1.54, 1.807) is 19.2 Å². The third-order valence-corrected chi connectivity index (χ3v) is 4.71. The van der Waals surface area contributed by atoms with E-state index in [4.69, 9.17) is 4.74 Å². The summed E-state index contributed by atoms with van der Waals surface area (Å²) < 4.78 is 35.8. The zero-order chi connectivity index (χ0) is 20.5. The summed E-state index contributed by atoms with van der Waals surface area (Å²) in [6, 6.07) is 5.45. The fourth-order valence-electron chi connectivity index (χ4n) is 3.05. The van der Waals surface area contributed by atoms with Gasteiger partial charge in [-0.05, 0) is 51.4 Å². The summed E-state index contributed by atoms with van der Waals surface area (Å²) in [7, 11) is 5.85. The van der Waals surface area contributed by atoms with Crippen molar-refractivity contribution in [1.82, 2.24) is 15.5 Å². The molecule has 0 bridgehead atoms. The van der Waals surface area contributed by atoms with Gasteiger partial charge in [-0.25, -0.2) is 0 Å². The molecule has 0 spiro atoms. The van der Waals surface area contributed by atoms with E-state index < -0.39 is 6.61 Å². The van der Waals surface area contributed by atoms with Crippen LogP contribution in [0.3, 0.4) is 0 Å². The van der Waals surface area contributed by atoms with Crippen LogP contribution < -0.4 is 20.1 Å². The van der Waals surface area contributed by atoms with Crippen LogP contribution in [0.2, 0.25) is 0 Å². The Hall–Kier alpha value is -1.36. The highest BCUT2D eigenvalue weighted by atomic mass is 127. The van der Waals surface area contributed by atoms with Crippen molar-refractivity contribution in [2.24, 2.45) is 10.9 Å². The van der Waals surface area contributed by atoms with Crippen molar-refractivity contribution in [1.29, 1.82) is 0 Å². The molecule has 0 aromatic heterocycles. The molecule has 6 nitrogen and oxygen atoms in total. The predicted octanol–water partition coefficient (Wildman–Crippen LogP) is 3.70. The number of likely N-dealkylation sites (N-methyl/N-ethyl adjacent to an activating group) is 1. The van der Waals surface area contributed by atoms with Crippen molar-refractivity contribution >= 4 is 29.9 Å². The van der Waals surface area contributed by atoms with Crippen LogP contribution in [-0.2, 0) is 6.54 Å². The van der Waals surface area contributed by atoms with Crippen molar-refractivity contribution in [3.63, 3.8) is 0 Å². The lowest BCUT2D eigenvalue weighted by Gasteiger charge is -2.25. The number of nitrogens with zero attached hydrogens (tertiary/aromatic N) is 2. The maximum Gasteiger partial charge on any atom is 0.387 e. The quantitative estimate of drug-likeness (QED) is 0.262. The van der Waals surface area contributed by atoms with Crippen molar-refractivity contribution in [2.45, 2.75) is 45.4 Å². The number of ether oxygens (including phenoxy) is 2. The van der Waals surface area contributed by atoms with Crippen LogP contribution in [0.15, 0.2) is 23.2 Å². The molecule has 0 heterocycles. The first-order valence-corrected chi connectivity index (χ1v) is 9.76. The molecule has 1 atom stereocenters. The van der Waals surface area contributed by atoms with Gasteiger partial charge in [-0.3, -0.25) is 4.99 Å². The van der Waals surface area contributed by atoms with Crippen molar-refractivity contribution in [3.05, 3.63) is 23.8 Å².